The first kappa shape index (κ1) is 18.6. The van der Waals surface area contributed by atoms with Gasteiger partial charge in [0.1, 0.15) is 23.5 Å². The van der Waals surface area contributed by atoms with Crippen LogP contribution in [0.5, 0.6) is 5.75 Å². The number of rotatable bonds is 5. The predicted molar refractivity (Wildman–Crippen MR) is 110 cm³/mol. The second-order valence-corrected chi connectivity index (χ2v) is 7.73. The topological polar surface area (TPSA) is 29.5 Å². The molecule has 0 aromatic heterocycles. The van der Waals surface area contributed by atoms with E-state index >= 15 is 0 Å². The van der Waals surface area contributed by atoms with Gasteiger partial charge in [0.25, 0.3) is 5.91 Å². The fourth-order valence-corrected chi connectivity index (χ4v) is 4.53. The number of hydrogen-bond acceptors (Lipinski definition) is 3. The Bertz CT molecular complexity index is 946. The van der Waals surface area contributed by atoms with Gasteiger partial charge in [-0.2, -0.15) is 0 Å². The van der Waals surface area contributed by atoms with Crippen LogP contribution in [0.2, 0.25) is 0 Å². The maximum absolute atomic E-state index is 13.2. The number of halogens is 1. The lowest BCUT2D eigenvalue weighted by Crippen LogP contribution is -2.30. The Morgan fingerprint density at radius 2 is 1.71 bits per heavy atom. The van der Waals surface area contributed by atoms with Gasteiger partial charge in [-0.15, -0.1) is 11.8 Å². The van der Waals surface area contributed by atoms with E-state index in [0.717, 1.165) is 22.6 Å². The van der Waals surface area contributed by atoms with Crippen molar-refractivity contribution in [1.29, 1.82) is 0 Å². The van der Waals surface area contributed by atoms with Crippen LogP contribution in [-0.2, 0) is 6.61 Å². The SMILES string of the molecule is O=C(c1ccc(F)cc1)N1CCS[C@@H]1c1ccccc1OCc1ccccc1. The minimum Gasteiger partial charge on any atom is -0.489 e. The van der Waals surface area contributed by atoms with Crippen molar-refractivity contribution in [1.82, 2.24) is 4.90 Å². The predicted octanol–water partition coefficient (Wildman–Crippen LogP) is 5.29. The molecule has 1 heterocycles. The first-order valence-electron chi connectivity index (χ1n) is 9.16. The van der Waals surface area contributed by atoms with Gasteiger partial charge in [0, 0.05) is 23.4 Å². The lowest BCUT2D eigenvalue weighted by atomic mass is 10.1. The summed E-state index contributed by atoms with van der Waals surface area (Å²) in [5, 5.41) is -0.121. The molecule has 3 nitrogen and oxygen atoms in total. The third kappa shape index (κ3) is 4.04. The van der Waals surface area contributed by atoms with E-state index in [4.69, 9.17) is 4.74 Å². The van der Waals surface area contributed by atoms with Gasteiger partial charge in [-0.25, -0.2) is 4.39 Å². The monoisotopic (exact) mass is 393 g/mol. The molecule has 0 N–H and O–H groups in total. The Kier molecular flexibility index (Phi) is 5.63. The molecule has 1 aliphatic rings. The van der Waals surface area contributed by atoms with E-state index in [1.807, 2.05) is 59.5 Å². The van der Waals surface area contributed by atoms with E-state index in [0.29, 0.717) is 18.7 Å². The number of ether oxygens (including phenoxy) is 1. The summed E-state index contributed by atoms with van der Waals surface area (Å²) in [6.07, 6.45) is 0. The lowest BCUT2D eigenvalue weighted by Gasteiger charge is -2.26. The second kappa shape index (κ2) is 8.48. The molecule has 1 atom stereocenters. The van der Waals surface area contributed by atoms with Crippen LogP contribution < -0.4 is 4.74 Å². The van der Waals surface area contributed by atoms with E-state index in [9.17, 15) is 9.18 Å². The number of amides is 1. The number of carbonyl (C=O) groups is 1. The Balaban J connectivity index is 1.55. The van der Waals surface area contributed by atoms with Gasteiger partial charge in [-0.1, -0.05) is 48.5 Å². The fraction of sp³-hybridized carbons (Fsp3) is 0.174. The number of para-hydroxylation sites is 1. The third-order valence-electron chi connectivity index (χ3n) is 4.67. The highest BCUT2D eigenvalue weighted by atomic mass is 32.2. The van der Waals surface area contributed by atoms with Gasteiger partial charge in [-0.3, -0.25) is 4.79 Å². The summed E-state index contributed by atoms with van der Waals surface area (Å²) in [4.78, 5) is 14.8. The number of nitrogens with zero attached hydrogens (tertiary/aromatic N) is 1. The van der Waals surface area contributed by atoms with E-state index in [1.165, 1.54) is 24.3 Å². The molecule has 0 saturated carbocycles. The second-order valence-electron chi connectivity index (χ2n) is 6.54. The van der Waals surface area contributed by atoms with Gasteiger partial charge in [0.15, 0.2) is 0 Å². The van der Waals surface area contributed by atoms with Crippen molar-refractivity contribution < 1.29 is 13.9 Å². The first-order valence-corrected chi connectivity index (χ1v) is 10.2. The maximum atomic E-state index is 13.2. The van der Waals surface area contributed by atoms with Crippen LogP contribution in [0, 0.1) is 5.82 Å². The van der Waals surface area contributed by atoms with Crippen LogP contribution in [0.1, 0.15) is 26.9 Å². The average molecular weight is 393 g/mol. The van der Waals surface area contributed by atoms with Crippen molar-refractivity contribution >= 4 is 17.7 Å². The third-order valence-corrected chi connectivity index (χ3v) is 5.91. The summed E-state index contributed by atoms with van der Waals surface area (Å²) in [6, 6.07) is 23.6. The summed E-state index contributed by atoms with van der Waals surface area (Å²) in [5.41, 5.74) is 2.57. The van der Waals surface area contributed by atoms with Crippen LogP contribution >= 0.6 is 11.8 Å². The molecule has 1 aliphatic heterocycles. The number of thioether (sulfide) groups is 1. The van der Waals surface area contributed by atoms with Crippen LogP contribution in [0.4, 0.5) is 4.39 Å². The number of carbonyl (C=O) groups excluding carboxylic acids is 1. The van der Waals surface area contributed by atoms with Crippen molar-refractivity contribution in [3.05, 3.63) is 101 Å². The molecule has 1 fully saturated rings. The van der Waals surface area contributed by atoms with Crippen LogP contribution in [-0.4, -0.2) is 23.1 Å². The zero-order chi connectivity index (χ0) is 19.3. The van der Waals surface area contributed by atoms with Gasteiger partial charge >= 0.3 is 0 Å². The van der Waals surface area contributed by atoms with E-state index < -0.39 is 0 Å². The summed E-state index contributed by atoms with van der Waals surface area (Å²) in [7, 11) is 0. The highest BCUT2D eigenvalue weighted by molar-refractivity contribution is 7.99. The van der Waals surface area contributed by atoms with Crippen molar-refractivity contribution in [3.8, 4) is 5.75 Å². The molecule has 5 heteroatoms. The Hall–Kier alpha value is -2.79. The van der Waals surface area contributed by atoms with E-state index in [2.05, 4.69) is 0 Å². The maximum Gasteiger partial charge on any atom is 0.255 e. The number of hydrogen-bond donors (Lipinski definition) is 0. The van der Waals surface area contributed by atoms with Crippen molar-refractivity contribution in [2.45, 2.75) is 12.0 Å². The van der Waals surface area contributed by atoms with Gasteiger partial charge < -0.3 is 9.64 Å². The standard InChI is InChI=1S/C23H20FNO2S/c24-19-12-10-18(11-13-19)22(26)25-14-15-28-23(25)20-8-4-5-9-21(20)27-16-17-6-2-1-3-7-17/h1-13,23H,14-16H2/t23-/m1/s1. The average Bonchev–Trinajstić information content (AvgIpc) is 3.23. The minimum atomic E-state index is -0.344. The molecule has 1 saturated heterocycles. The quantitative estimate of drug-likeness (QED) is 0.590. The Labute approximate surface area is 168 Å². The first-order chi connectivity index (χ1) is 13.7. The minimum absolute atomic E-state index is 0.0899. The molecular formula is C23H20FNO2S. The molecule has 0 aliphatic carbocycles. The van der Waals surface area contributed by atoms with Crippen LogP contribution in [0.25, 0.3) is 0 Å². The van der Waals surface area contributed by atoms with Gasteiger partial charge in [0.2, 0.25) is 0 Å². The van der Waals surface area contributed by atoms with Crippen molar-refractivity contribution in [3.63, 3.8) is 0 Å². The van der Waals surface area contributed by atoms with Crippen molar-refractivity contribution in [2.24, 2.45) is 0 Å². The molecule has 28 heavy (non-hydrogen) atoms. The molecule has 142 valence electrons. The molecule has 3 aromatic carbocycles. The zero-order valence-corrected chi connectivity index (χ0v) is 16.1. The smallest absolute Gasteiger partial charge is 0.255 e. The summed E-state index contributed by atoms with van der Waals surface area (Å²) >= 11 is 1.72. The Morgan fingerprint density at radius 1 is 1.00 bits per heavy atom. The molecule has 3 aromatic rings. The van der Waals surface area contributed by atoms with Gasteiger partial charge in [-0.05, 0) is 35.9 Å². The van der Waals surface area contributed by atoms with Gasteiger partial charge in [0.05, 0.1) is 0 Å². The molecule has 0 bridgehead atoms. The molecule has 0 spiro atoms. The summed E-state index contributed by atoms with van der Waals surface area (Å²) in [6.45, 7) is 1.12. The van der Waals surface area contributed by atoms with E-state index in [-0.39, 0.29) is 17.1 Å². The molecule has 0 radical (unpaired) electrons. The van der Waals surface area contributed by atoms with Crippen molar-refractivity contribution in [2.75, 3.05) is 12.3 Å². The number of benzene rings is 3. The zero-order valence-electron chi connectivity index (χ0n) is 15.3. The van der Waals surface area contributed by atoms with Crippen LogP contribution in [0.3, 0.4) is 0 Å². The molecular weight excluding hydrogens is 373 g/mol. The molecule has 4 rings (SSSR count). The largest absolute Gasteiger partial charge is 0.489 e. The van der Waals surface area contributed by atoms with Crippen LogP contribution in [0.15, 0.2) is 78.9 Å². The lowest BCUT2D eigenvalue weighted by molar-refractivity contribution is 0.0759. The molecule has 0 unspecified atom stereocenters. The normalized spacial score (nSPS) is 16.2. The summed E-state index contributed by atoms with van der Waals surface area (Å²) in [5.74, 6) is 1.20. The molecule has 1 amide bonds. The van der Waals surface area contributed by atoms with E-state index in [1.54, 1.807) is 11.8 Å². The highest BCUT2D eigenvalue weighted by Crippen LogP contribution is 2.42. The highest BCUT2D eigenvalue weighted by Gasteiger charge is 2.33. The Morgan fingerprint density at radius 3 is 2.50 bits per heavy atom. The summed E-state index contributed by atoms with van der Waals surface area (Å²) < 4.78 is 19.3. The fourth-order valence-electron chi connectivity index (χ4n) is 3.25.